The normalized spacial score (nSPS) is 31.6. The summed E-state index contributed by atoms with van der Waals surface area (Å²) in [7, 11) is 0. The molecule has 6 nitrogen and oxygen atoms in total. The van der Waals surface area contributed by atoms with Gasteiger partial charge < -0.3 is 15.7 Å². The maximum Gasteiger partial charge on any atom is 0.153 e. The molecule has 0 aromatic heterocycles. The van der Waals surface area contributed by atoms with Gasteiger partial charge in [0, 0.05) is 32.2 Å². The summed E-state index contributed by atoms with van der Waals surface area (Å²) < 4.78 is 6.18. The summed E-state index contributed by atoms with van der Waals surface area (Å²) in [4.78, 5) is 4.75. The molecular formula is C14H28N4O2. The molecule has 2 aliphatic heterocycles. The molecule has 1 atom stereocenters. The predicted molar refractivity (Wildman–Crippen MR) is 79.1 cm³/mol. The zero-order valence-corrected chi connectivity index (χ0v) is 13.1. The highest BCUT2D eigenvalue weighted by molar-refractivity contribution is 5.81. The fourth-order valence-electron chi connectivity index (χ4n) is 3.60. The van der Waals surface area contributed by atoms with E-state index in [1.807, 2.05) is 0 Å². The van der Waals surface area contributed by atoms with Gasteiger partial charge in [-0.2, -0.15) is 0 Å². The van der Waals surface area contributed by atoms with Gasteiger partial charge in [-0.25, -0.2) is 0 Å². The summed E-state index contributed by atoms with van der Waals surface area (Å²) in [6.07, 6.45) is 1.07. The molecule has 0 saturated carbocycles. The fourth-order valence-corrected chi connectivity index (χ4v) is 3.60. The van der Waals surface area contributed by atoms with Crippen molar-refractivity contribution in [2.45, 2.75) is 51.4 Å². The van der Waals surface area contributed by atoms with E-state index < -0.39 is 0 Å². The molecule has 2 aliphatic rings. The van der Waals surface area contributed by atoms with Crippen molar-refractivity contribution in [2.75, 3.05) is 32.7 Å². The lowest BCUT2D eigenvalue weighted by molar-refractivity contribution is -0.0832. The fraction of sp³-hybridized carbons (Fsp3) is 0.929. The summed E-state index contributed by atoms with van der Waals surface area (Å²) in [6, 6.07) is 0.462. The van der Waals surface area contributed by atoms with Crippen LogP contribution in [0.5, 0.6) is 0 Å². The summed E-state index contributed by atoms with van der Waals surface area (Å²) in [5, 5.41) is 11.7. The molecule has 3 N–H and O–H groups in total. The lowest BCUT2D eigenvalue weighted by atomic mass is 9.92. The summed E-state index contributed by atoms with van der Waals surface area (Å²) in [5.74, 6) is 0.282. The molecule has 2 heterocycles. The van der Waals surface area contributed by atoms with Gasteiger partial charge in [-0.3, -0.25) is 9.80 Å². The van der Waals surface area contributed by atoms with Crippen LogP contribution < -0.4 is 5.73 Å². The Bertz CT molecular complexity index is 373. The van der Waals surface area contributed by atoms with Gasteiger partial charge in [-0.1, -0.05) is 5.16 Å². The first-order valence-corrected chi connectivity index (χ1v) is 7.36. The molecular weight excluding hydrogens is 256 g/mol. The number of amidine groups is 1. The maximum atomic E-state index is 8.63. The van der Waals surface area contributed by atoms with Crippen molar-refractivity contribution in [1.29, 1.82) is 0 Å². The van der Waals surface area contributed by atoms with E-state index >= 15 is 0 Å². The first-order valence-electron chi connectivity index (χ1n) is 7.36. The van der Waals surface area contributed by atoms with Gasteiger partial charge >= 0.3 is 0 Å². The van der Waals surface area contributed by atoms with Gasteiger partial charge in [0.15, 0.2) is 5.84 Å². The molecule has 0 aliphatic carbocycles. The zero-order chi connectivity index (χ0) is 15.0. The molecule has 1 unspecified atom stereocenters. The molecule has 0 spiro atoms. The Morgan fingerprint density at radius 2 is 1.85 bits per heavy atom. The number of hydrogen-bond acceptors (Lipinski definition) is 5. The zero-order valence-electron chi connectivity index (χ0n) is 13.1. The number of piperazine rings is 1. The molecule has 2 fully saturated rings. The molecule has 0 aromatic carbocycles. The Hall–Kier alpha value is -0.850. The Morgan fingerprint density at radius 1 is 1.25 bits per heavy atom. The molecule has 0 aromatic rings. The topological polar surface area (TPSA) is 74.3 Å². The minimum Gasteiger partial charge on any atom is -0.409 e. The smallest absolute Gasteiger partial charge is 0.153 e. The van der Waals surface area contributed by atoms with Crippen molar-refractivity contribution < 1.29 is 9.94 Å². The van der Waals surface area contributed by atoms with E-state index in [9.17, 15) is 0 Å². The van der Waals surface area contributed by atoms with E-state index in [2.05, 4.69) is 42.7 Å². The average Bonchev–Trinajstić information content (AvgIpc) is 2.58. The number of oxime groups is 1. The molecule has 6 heteroatoms. The molecule has 116 valence electrons. The van der Waals surface area contributed by atoms with Gasteiger partial charge in [0.05, 0.1) is 17.7 Å². The van der Waals surface area contributed by atoms with Crippen molar-refractivity contribution in [2.24, 2.45) is 10.9 Å². The summed E-state index contributed by atoms with van der Waals surface area (Å²) >= 11 is 0. The van der Waals surface area contributed by atoms with E-state index in [-0.39, 0.29) is 17.0 Å². The van der Waals surface area contributed by atoms with Gasteiger partial charge in [0.25, 0.3) is 0 Å². The third-order valence-electron chi connectivity index (χ3n) is 4.39. The van der Waals surface area contributed by atoms with Crippen molar-refractivity contribution in [3.63, 3.8) is 0 Å². The molecule has 2 saturated heterocycles. The summed E-state index contributed by atoms with van der Waals surface area (Å²) in [6.45, 7) is 13.2. The van der Waals surface area contributed by atoms with E-state index in [1.54, 1.807) is 0 Å². The van der Waals surface area contributed by atoms with E-state index in [1.165, 1.54) is 0 Å². The summed E-state index contributed by atoms with van der Waals surface area (Å²) in [5.41, 5.74) is 5.42. The molecule has 0 bridgehead atoms. The first kappa shape index (κ1) is 15.5. The third kappa shape index (κ3) is 3.42. The van der Waals surface area contributed by atoms with Crippen LogP contribution in [0.1, 0.15) is 34.1 Å². The predicted octanol–water partition coefficient (Wildman–Crippen LogP) is 0.697. The number of nitrogens with zero attached hydrogens (tertiary/aromatic N) is 3. The number of rotatable bonds is 3. The van der Waals surface area contributed by atoms with Gasteiger partial charge in [-0.15, -0.1) is 0 Å². The Labute approximate surface area is 121 Å². The monoisotopic (exact) mass is 284 g/mol. The first-order chi connectivity index (χ1) is 9.23. The number of ether oxygens (including phenoxy) is 1. The number of nitrogens with two attached hydrogens (primary N) is 1. The highest BCUT2D eigenvalue weighted by atomic mass is 16.5. The lowest BCUT2D eigenvalue weighted by Crippen LogP contribution is -2.55. The SMILES string of the molecule is CC1(C)CC(N2CCN(CC(N)=NO)CC2)C(C)(C)O1. The van der Waals surface area contributed by atoms with Crippen LogP contribution in [0.3, 0.4) is 0 Å². The molecule has 0 amide bonds. The van der Waals surface area contributed by atoms with E-state index in [0.717, 1.165) is 32.6 Å². The molecule has 0 radical (unpaired) electrons. The van der Waals surface area contributed by atoms with Crippen molar-refractivity contribution in [3.8, 4) is 0 Å². The van der Waals surface area contributed by atoms with Gasteiger partial charge in [-0.05, 0) is 34.1 Å². The van der Waals surface area contributed by atoms with Crippen LogP contribution in [-0.4, -0.2) is 70.8 Å². The highest BCUT2D eigenvalue weighted by Crippen LogP contribution is 2.40. The minimum atomic E-state index is -0.0999. The maximum absolute atomic E-state index is 8.63. The van der Waals surface area contributed by atoms with Crippen LogP contribution in [0.25, 0.3) is 0 Å². The second-order valence-electron chi connectivity index (χ2n) is 7.09. The minimum absolute atomic E-state index is 0.0424. The number of hydrogen-bond donors (Lipinski definition) is 2. The highest BCUT2D eigenvalue weighted by Gasteiger charge is 2.48. The van der Waals surface area contributed by atoms with Crippen LogP contribution in [0.2, 0.25) is 0 Å². The van der Waals surface area contributed by atoms with Crippen molar-refractivity contribution in [3.05, 3.63) is 0 Å². The molecule has 2 rings (SSSR count). The Morgan fingerprint density at radius 3 is 2.30 bits per heavy atom. The van der Waals surface area contributed by atoms with Crippen LogP contribution >= 0.6 is 0 Å². The van der Waals surface area contributed by atoms with Crippen LogP contribution in [0.15, 0.2) is 5.16 Å². The quantitative estimate of drug-likeness (QED) is 0.345. The Balaban J connectivity index is 1.91. The second-order valence-corrected chi connectivity index (χ2v) is 7.09. The van der Waals surface area contributed by atoms with E-state index in [0.29, 0.717) is 12.6 Å². The molecule has 20 heavy (non-hydrogen) atoms. The largest absolute Gasteiger partial charge is 0.409 e. The van der Waals surface area contributed by atoms with Gasteiger partial charge in [0.2, 0.25) is 0 Å². The standard InChI is InChI=1S/C14H28N4O2/c1-13(2)9-11(14(3,4)20-13)18-7-5-17(6-8-18)10-12(15)16-19/h11,19H,5-10H2,1-4H3,(H2,15,16). The van der Waals surface area contributed by atoms with Crippen LogP contribution in [0.4, 0.5) is 0 Å². The Kier molecular flexibility index (Phi) is 4.27. The second kappa shape index (κ2) is 5.50. The van der Waals surface area contributed by atoms with Crippen LogP contribution in [0, 0.1) is 0 Å². The van der Waals surface area contributed by atoms with Crippen molar-refractivity contribution >= 4 is 5.84 Å². The lowest BCUT2D eigenvalue weighted by Gasteiger charge is -2.41. The van der Waals surface area contributed by atoms with Crippen molar-refractivity contribution in [1.82, 2.24) is 9.80 Å². The van der Waals surface area contributed by atoms with E-state index in [4.69, 9.17) is 15.7 Å². The third-order valence-corrected chi connectivity index (χ3v) is 4.39. The van der Waals surface area contributed by atoms with Crippen LogP contribution in [-0.2, 0) is 4.74 Å². The average molecular weight is 284 g/mol. The van der Waals surface area contributed by atoms with Gasteiger partial charge in [0.1, 0.15) is 0 Å².